The Bertz CT molecular complexity index is 794. The zero-order valence-electron chi connectivity index (χ0n) is 13.4. The summed E-state index contributed by atoms with van der Waals surface area (Å²) in [5.41, 5.74) is 1.06. The Labute approximate surface area is 140 Å². The molecule has 0 fully saturated rings. The van der Waals surface area contributed by atoms with Crippen LogP contribution in [0.1, 0.15) is 0 Å². The van der Waals surface area contributed by atoms with E-state index >= 15 is 0 Å². The summed E-state index contributed by atoms with van der Waals surface area (Å²) >= 11 is 0. The van der Waals surface area contributed by atoms with Crippen molar-refractivity contribution in [3.8, 4) is 17.6 Å². The van der Waals surface area contributed by atoms with Crippen LogP contribution in [0.4, 0.5) is 11.4 Å². The van der Waals surface area contributed by atoms with Gasteiger partial charge in [-0.3, -0.25) is 4.79 Å². The number of benzene rings is 2. The average molecular weight is 323 g/mol. The molecule has 122 valence electrons. The summed E-state index contributed by atoms with van der Waals surface area (Å²) in [5.74, 6) is 0.585. The van der Waals surface area contributed by atoms with Crippen LogP contribution < -0.4 is 20.1 Å². The molecule has 6 heteroatoms. The minimum absolute atomic E-state index is 0.0770. The lowest BCUT2D eigenvalue weighted by molar-refractivity contribution is -0.112. The maximum absolute atomic E-state index is 12.3. The second-order valence-electron chi connectivity index (χ2n) is 4.67. The highest BCUT2D eigenvalue weighted by molar-refractivity contribution is 6.07. The minimum atomic E-state index is -0.538. The van der Waals surface area contributed by atoms with E-state index in [-0.39, 0.29) is 5.57 Å². The standard InChI is InChI=1S/C18H17N3O3/c1-23-16-9-5-3-7-14(16)20-12-13(11-19)18(22)21-15-8-4-6-10-17(15)24-2/h3-10,12,20H,1-2H3,(H,21,22)/b13-12-. The molecule has 24 heavy (non-hydrogen) atoms. The summed E-state index contributed by atoms with van der Waals surface area (Å²) in [6.07, 6.45) is 1.34. The predicted octanol–water partition coefficient (Wildman–Crippen LogP) is 3.16. The van der Waals surface area contributed by atoms with Crippen LogP contribution in [0.25, 0.3) is 0 Å². The van der Waals surface area contributed by atoms with Crippen molar-refractivity contribution >= 4 is 17.3 Å². The first-order valence-electron chi connectivity index (χ1n) is 7.13. The fourth-order valence-corrected chi connectivity index (χ4v) is 2.00. The molecule has 0 bridgehead atoms. The molecule has 1 amide bonds. The molecular formula is C18H17N3O3. The van der Waals surface area contributed by atoms with Crippen LogP contribution in [0.15, 0.2) is 60.3 Å². The van der Waals surface area contributed by atoms with Crippen LogP contribution in [0.2, 0.25) is 0 Å². The summed E-state index contributed by atoms with van der Waals surface area (Å²) in [7, 11) is 3.05. The van der Waals surface area contributed by atoms with Crippen molar-refractivity contribution < 1.29 is 14.3 Å². The number of nitrogens with one attached hydrogen (secondary N) is 2. The minimum Gasteiger partial charge on any atom is -0.495 e. The van der Waals surface area contributed by atoms with Crippen molar-refractivity contribution in [1.29, 1.82) is 5.26 Å². The van der Waals surface area contributed by atoms with E-state index in [1.165, 1.54) is 13.3 Å². The van der Waals surface area contributed by atoms with Gasteiger partial charge in [-0.2, -0.15) is 5.26 Å². The number of carbonyl (C=O) groups is 1. The molecule has 0 spiro atoms. The van der Waals surface area contributed by atoms with Crippen molar-refractivity contribution in [1.82, 2.24) is 0 Å². The Hall–Kier alpha value is -3.46. The number of methoxy groups -OCH3 is 2. The predicted molar refractivity (Wildman–Crippen MR) is 91.9 cm³/mol. The Kier molecular flexibility index (Phi) is 5.81. The number of nitrogens with zero attached hydrogens (tertiary/aromatic N) is 1. The molecule has 0 radical (unpaired) electrons. The van der Waals surface area contributed by atoms with Gasteiger partial charge in [0.2, 0.25) is 0 Å². The van der Waals surface area contributed by atoms with Crippen molar-refractivity contribution in [3.63, 3.8) is 0 Å². The SMILES string of the molecule is COc1ccccc1N/C=C(/C#N)C(=O)Nc1ccccc1OC. The molecule has 0 saturated carbocycles. The molecule has 6 nitrogen and oxygen atoms in total. The van der Waals surface area contributed by atoms with E-state index < -0.39 is 5.91 Å². The first-order valence-corrected chi connectivity index (χ1v) is 7.13. The van der Waals surface area contributed by atoms with E-state index in [2.05, 4.69) is 10.6 Å². The molecule has 0 aliphatic heterocycles. The van der Waals surface area contributed by atoms with Gasteiger partial charge < -0.3 is 20.1 Å². The molecule has 2 aromatic carbocycles. The van der Waals surface area contributed by atoms with Crippen molar-refractivity contribution in [3.05, 3.63) is 60.3 Å². The van der Waals surface area contributed by atoms with Gasteiger partial charge in [0.1, 0.15) is 23.1 Å². The number of ether oxygens (including phenoxy) is 2. The van der Waals surface area contributed by atoms with Crippen LogP contribution in [-0.4, -0.2) is 20.1 Å². The Balaban J connectivity index is 2.15. The van der Waals surface area contributed by atoms with E-state index in [1.807, 2.05) is 18.2 Å². The smallest absolute Gasteiger partial charge is 0.267 e. The highest BCUT2D eigenvalue weighted by Gasteiger charge is 2.12. The molecule has 0 atom stereocenters. The van der Waals surface area contributed by atoms with E-state index in [0.29, 0.717) is 22.9 Å². The number of para-hydroxylation sites is 4. The lowest BCUT2D eigenvalue weighted by atomic mass is 10.2. The van der Waals surface area contributed by atoms with Crippen LogP contribution in [0.5, 0.6) is 11.5 Å². The van der Waals surface area contributed by atoms with Gasteiger partial charge in [0.05, 0.1) is 25.6 Å². The number of amides is 1. The Morgan fingerprint density at radius 1 is 1.00 bits per heavy atom. The molecule has 2 rings (SSSR count). The molecule has 0 aliphatic carbocycles. The largest absolute Gasteiger partial charge is 0.495 e. The highest BCUT2D eigenvalue weighted by Crippen LogP contribution is 2.25. The molecule has 2 N–H and O–H groups in total. The quantitative estimate of drug-likeness (QED) is 0.630. The van der Waals surface area contributed by atoms with Crippen molar-refractivity contribution in [2.24, 2.45) is 0 Å². The number of anilines is 2. The van der Waals surface area contributed by atoms with Gasteiger partial charge in [0, 0.05) is 6.20 Å². The van der Waals surface area contributed by atoms with Crippen LogP contribution in [0, 0.1) is 11.3 Å². The zero-order valence-corrected chi connectivity index (χ0v) is 13.4. The maximum Gasteiger partial charge on any atom is 0.267 e. The van der Waals surface area contributed by atoms with Crippen LogP contribution in [0.3, 0.4) is 0 Å². The molecule has 0 aromatic heterocycles. The fourth-order valence-electron chi connectivity index (χ4n) is 2.00. The van der Waals surface area contributed by atoms with Gasteiger partial charge in [0.25, 0.3) is 5.91 Å². The van der Waals surface area contributed by atoms with E-state index in [1.54, 1.807) is 43.5 Å². The monoisotopic (exact) mass is 323 g/mol. The van der Waals surface area contributed by atoms with Gasteiger partial charge in [-0.1, -0.05) is 24.3 Å². The van der Waals surface area contributed by atoms with Crippen LogP contribution in [-0.2, 0) is 4.79 Å². The third-order valence-corrected chi connectivity index (χ3v) is 3.20. The van der Waals surface area contributed by atoms with E-state index in [9.17, 15) is 10.1 Å². The van der Waals surface area contributed by atoms with E-state index in [4.69, 9.17) is 9.47 Å². The zero-order chi connectivity index (χ0) is 17.4. The van der Waals surface area contributed by atoms with Gasteiger partial charge in [-0.05, 0) is 24.3 Å². The molecule has 2 aromatic rings. The molecule has 0 saturated heterocycles. The Morgan fingerprint density at radius 2 is 1.54 bits per heavy atom. The van der Waals surface area contributed by atoms with E-state index in [0.717, 1.165) is 0 Å². The van der Waals surface area contributed by atoms with Gasteiger partial charge in [-0.25, -0.2) is 0 Å². The topological polar surface area (TPSA) is 83.4 Å². The Morgan fingerprint density at radius 3 is 2.12 bits per heavy atom. The lowest BCUT2D eigenvalue weighted by Crippen LogP contribution is -2.15. The number of rotatable bonds is 6. The second kappa shape index (κ2) is 8.25. The van der Waals surface area contributed by atoms with Gasteiger partial charge in [-0.15, -0.1) is 0 Å². The summed E-state index contributed by atoms with van der Waals surface area (Å²) < 4.78 is 10.4. The average Bonchev–Trinajstić information content (AvgIpc) is 2.63. The summed E-state index contributed by atoms with van der Waals surface area (Å²) in [5, 5.41) is 14.8. The molecular weight excluding hydrogens is 306 g/mol. The third kappa shape index (κ3) is 4.05. The van der Waals surface area contributed by atoms with Gasteiger partial charge >= 0.3 is 0 Å². The summed E-state index contributed by atoms with van der Waals surface area (Å²) in [6, 6.07) is 16.0. The summed E-state index contributed by atoms with van der Waals surface area (Å²) in [6.45, 7) is 0. The maximum atomic E-state index is 12.3. The normalized spacial score (nSPS) is 10.5. The number of nitriles is 1. The fraction of sp³-hybridized carbons (Fsp3) is 0.111. The third-order valence-electron chi connectivity index (χ3n) is 3.20. The van der Waals surface area contributed by atoms with Gasteiger partial charge in [0.15, 0.2) is 0 Å². The number of hydrogen-bond acceptors (Lipinski definition) is 5. The molecule has 0 aliphatic rings. The first kappa shape index (κ1) is 16.9. The molecule has 0 unspecified atom stereocenters. The van der Waals surface area contributed by atoms with Crippen molar-refractivity contribution in [2.75, 3.05) is 24.9 Å². The van der Waals surface area contributed by atoms with Crippen LogP contribution >= 0.6 is 0 Å². The summed E-state index contributed by atoms with van der Waals surface area (Å²) in [4.78, 5) is 12.3. The molecule has 0 heterocycles. The van der Waals surface area contributed by atoms with Crippen molar-refractivity contribution in [2.45, 2.75) is 0 Å². The number of carbonyl (C=O) groups excluding carboxylic acids is 1. The first-order chi connectivity index (χ1) is 11.7. The highest BCUT2D eigenvalue weighted by atomic mass is 16.5. The lowest BCUT2D eigenvalue weighted by Gasteiger charge is -2.10. The number of hydrogen-bond donors (Lipinski definition) is 2. The second-order valence-corrected chi connectivity index (χ2v) is 4.67.